The van der Waals surface area contributed by atoms with Gasteiger partial charge < -0.3 is 14.8 Å². The van der Waals surface area contributed by atoms with E-state index in [-0.39, 0.29) is 0 Å². The Morgan fingerprint density at radius 1 is 1.00 bits per heavy atom. The molecule has 0 amide bonds. The summed E-state index contributed by atoms with van der Waals surface area (Å²) in [4.78, 5) is 11.6. The van der Waals surface area contributed by atoms with Gasteiger partial charge in [-0.2, -0.15) is 0 Å². The molecular formula is C27H34N4O2. The van der Waals surface area contributed by atoms with Gasteiger partial charge in [-0.3, -0.25) is 4.90 Å². The molecule has 1 aliphatic heterocycles. The third-order valence-corrected chi connectivity index (χ3v) is 6.03. The first-order valence-corrected chi connectivity index (χ1v) is 11.9. The van der Waals surface area contributed by atoms with Gasteiger partial charge in [-0.25, -0.2) is 9.97 Å². The van der Waals surface area contributed by atoms with Gasteiger partial charge in [0.1, 0.15) is 0 Å². The zero-order valence-corrected chi connectivity index (χ0v) is 19.7. The number of ether oxygens (including phenoxy) is 2. The summed E-state index contributed by atoms with van der Waals surface area (Å²) >= 11 is 0. The average Bonchev–Trinajstić information content (AvgIpc) is 2.87. The highest BCUT2D eigenvalue weighted by Crippen LogP contribution is 2.29. The lowest BCUT2D eigenvalue weighted by atomic mass is 10.0. The summed E-state index contributed by atoms with van der Waals surface area (Å²) in [5, 5.41) is 3.61. The summed E-state index contributed by atoms with van der Waals surface area (Å²) in [7, 11) is 1.69. The summed E-state index contributed by atoms with van der Waals surface area (Å²) in [6.07, 6.45) is 8.13. The molecular weight excluding hydrogens is 412 g/mol. The smallest absolute Gasteiger partial charge is 0.161 e. The van der Waals surface area contributed by atoms with Gasteiger partial charge in [0.2, 0.25) is 0 Å². The van der Waals surface area contributed by atoms with Crippen molar-refractivity contribution in [1.82, 2.24) is 14.9 Å². The Morgan fingerprint density at radius 2 is 1.76 bits per heavy atom. The third-order valence-electron chi connectivity index (χ3n) is 6.03. The van der Waals surface area contributed by atoms with E-state index in [1.54, 1.807) is 7.11 Å². The molecule has 0 bridgehead atoms. The Hall–Kier alpha value is -3.12. The van der Waals surface area contributed by atoms with Gasteiger partial charge in [0, 0.05) is 31.2 Å². The van der Waals surface area contributed by atoms with Gasteiger partial charge in [-0.15, -0.1) is 0 Å². The SMILES string of the molecule is CCCCOc1cc(CN2CCC(Nc3cnc(-c4ccccc4)nc3)CC2)ccc1OC. The summed E-state index contributed by atoms with van der Waals surface area (Å²) in [5.41, 5.74) is 3.28. The van der Waals surface area contributed by atoms with Gasteiger partial charge in [0.15, 0.2) is 17.3 Å². The van der Waals surface area contributed by atoms with Gasteiger partial charge in [-0.05, 0) is 37.0 Å². The van der Waals surface area contributed by atoms with Crippen LogP contribution >= 0.6 is 0 Å². The van der Waals surface area contributed by atoms with E-state index in [2.05, 4.69) is 39.2 Å². The summed E-state index contributed by atoms with van der Waals surface area (Å²) in [6.45, 7) is 5.93. The highest BCUT2D eigenvalue weighted by atomic mass is 16.5. The monoisotopic (exact) mass is 446 g/mol. The third kappa shape index (κ3) is 6.45. The molecule has 1 N–H and O–H groups in total. The van der Waals surface area contributed by atoms with Gasteiger partial charge in [-0.1, -0.05) is 49.7 Å². The number of methoxy groups -OCH3 is 1. The molecule has 6 heteroatoms. The second-order valence-electron chi connectivity index (χ2n) is 8.54. The zero-order chi connectivity index (χ0) is 22.9. The fraction of sp³-hybridized carbons (Fsp3) is 0.407. The lowest BCUT2D eigenvalue weighted by molar-refractivity contribution is 0.210. The van der Waals surface area contributed by atoms with Gasteiger partial charge in [0.05, 0.1) is 31.8 Å². The minimum absolute atomic E-state index is 0.441. The molecule has 2 heterocycles. The van der Waals surface area contributed by atoms with E-state index in [0.717, 1.165) is 80.5 Å². The van der Waals surface area contributed by atoms with E-state index in [1.165, 1.54) is 5.56 Å². The predicted molar refractivity (Wildman–Crippen MR) is 133 cm³/mol. The van der Waals surface area contributed by atoms with Gasteiger partial charge >= 0.3 is 0 Å². The summed E-state index contributed by atoms with van der Waals surface area (Å²) < 4.78 is 11.4. The van der Waals surface area contributed by atoms with Crippen molar-refractivity contribution in [3.8, 4) is 22.9 Å². The number of unbranched alkanes of at least 4 members (excludes halogenated alkanes) is 1. The van der Waals surface area contributed by atoms with Crippen molar-refractivity contribution < 1.29 is 9.47 Å². The van der Waals surface area contributed by atoms with Crippen molar-refractivity contribution in [1.29, 1.82) is 0 Å². The van der Waals surface area contributed by atoms with Crippen LogP contribution in [0.1, 0.15) is 38.2 Å². The van der Waals surface area contributed by atoms with Crippen molar-refractivity contribution in [2.75, 3.05) is 32.1 Å². The number of nitrogens with one attached hydrogen (secondary N) is 1. The number of benzene rings is 2. The Labute approximate surface area is 197 Å². The zero-order valence-electron chi connectivity index (χ0n) is 19.7. The summed E-state index contributed by atoms with van der Waals surface area (Å²) in [6, 6.07) is 16.8. The van der Waals surface area contributed by atoms with Crippen molar-refractivity contribution in [3.63, 3.8) is 0 Å². The standard InChI is InChI=1S/C27H34N4O2/c1-3-4-16-33-26-17-21(10-11-25(26)32-2)20-31-14-12-23(13-15-31)30-24-18-28-27(29-19-24)22-8-6-5-7-9-22/h5-11,17-19,23,30H,3-4,12-16,20H2,1-2H3. The molecule has 4 rings (SSSR count). The molecule has 6 nitrogen and oxygen atoms in total. The lowest BCUT2D eigenvalue weighted by Crippen LogP contribution is -2.38. The van der Waals surface area contributed by atoms with E-state index in [1.807, 2.05) is 48.8 Å². The largest absolute Gasteiger partial charge is 0.493 e. The van der Waals surface area contributed by atoms with Crippen molar-refractivity contribution in [3.05, 3.63) is 66.5 Å². The van der Waals surface area contributed by atoms with Crippen molar-refractivity contribution in [2.24, 2.45) is 0 Å². The topological polar surface area (TPSA) is 59.5 Å². The molecule has 2 aromatic carbocycles. The number of aromatic nitrogens is 2. The van der Waals surface area contributed by atoms with Crippen LogP contribution in [0.3, 0.4) is 0 Å². The first kappa shape index (κ1) is 23.1. The maximum Gasteiger partial charge on any atom is 0.161 e. The molecule has 0 spiro atoms. The first-order valence-electron chi connectivity index (χ1n) is 11.9. The average molecular weight is 447 g/mol. The van der Waals surface area contributed by atoms with Crippen molar-refractivity contribution in [2.45, 2.75) is 45.2 Å². The number of anilines is 1. The summed E-state index contributed by atoms with van der Waals surface area (Å²) in [5.74, 6) is 2.41. The van der Waals surface area contributed by atoms with E-state index in [0.29, 0.717) is 6.04 Å². The number of hydrogen-bond acceptors (Lipinski definition) is 6. The van der Waals surface area contributed by atoms with Crippen LogP contribution in [0.25, 0.3) is 11.4 Å². The highest BCUT2D eigenvalue weighted by molar-refractivity contribution is 5.55. The Balaban J connectivity index is 1.27. The number of piperidine rings is 1. The van der Waals surface area contributed by atoms with Crippen LogP contribution in [0.4, 0.5) is 5.69 Å². The fourth-order valence-electron chi connectivity index (χ4n) is 4.13. The Kier molecular flexibility index (Phi) is 8.14. The van der Waals surface area contributed by atoms with Crippen LogP contribution in [-0.4, -0.2) is 47.7 Å². The van der Waals surface area contributed by atoms with Crippen LogP contribution in [0, 0.1) is 0 Å². The van der Waals surface area contributed by atoms with E-state index in [4.69, 9.17) is 9.47 Å². The number of likely N-dealkylation sites (tertiary alicyclic amines) is 1. The minimum Gasteiger partial charge on any atom is -0.493 e. The molecule has 0 atom stereocenters. The predicted octanol–water partition coefficient (Wildman–Crippen LogP) is 5.41. The molecule has 1 fully saturated rings. The maximum atomic E-state index is 5.95. The lowest BCUT2D eigenvalue weighted by Gasteiger charge is -2.32. The van der Waals surface area contributed by atoms with Crippen molar-refractivity contribution >= 4 is 5.69 Å². The molecule has 33 heavy (non-hydrogen) atoms. The minimum atomic E-state index is 0.441. The van der Waals surface area contributed by atoms with E-state index in [9.17, 15) is 0 Å². The normalized spacial score (nSPS) is 14.7. The second-order valence-corrected chi connectivity index (χ2v) is 8.54. The van der Waals surface area contributed by atoms with Crippen LogP contribution in [0.15, 0.2) is 60.9 Å². The van der Waals surface area contributed by atoms with Crippen LogP contribution in [-0.2, 0) is 6.54 Å². The number of rotatable bonds is 10. The van der Waals surface area contributed by atoms with Crippen LogP contribution in [0.2, 0.25) is 0 Å². The first-order chi connectivity index (χ1) is 16.2. The second kappa shape index (κ2) is 11.7. The Bertz CT molecular complexity index is 987. The fourth-order valence-corrected chi connectivity index (χ4v) is 4.13. The number of hydrogen-bond donors (Lipinski definition) is 1. The quantitative estimate of drug-likeness (QED) is 0.420. The molecule has 0 unspecified atom stereocenters. The molecule has 174 valence electrons. The molecule has 0 saturated carbocycles. The molecule has 0 aliphatic carbocycles. The van der Waals surface area contributed by atoms with Gasteiger partial charge in [0.25, 0.3) is 0 Å². The maximum absolute atomic E-state index is 5.95. The van der Waals surface area contributed by atoms with E-state index >= 15 is 0 Å². The molecule has 1 aromatic heterocycles. The molecule has 0 radical (unpaired) electrons. The van der Waals surface area contributed by atoms with Crippen LogP contribution in [0.5, 0.6) is 11.5 Å². The Morgan fingerprint density at radius 3 is 2.45 bits per heavy atom. The molecule has 1 saturated heterocycles. The van der Waals surface area contributed by atoms with E-state index < -0.39 is 0 Å². The number of nitrogens with zero attached hydrogens (tertiary/aromatic N) is 3. The van der Waals surface area contributed by atoms with Crippen LogP contribution < -0.4 is 14.8 Å². The highest BCUT2D eigenvalue weighted by Gasteiger charge is 2.20. The molecule has 3 aromatic rings. The molecule has 1 aliphatic rings.